The van der Waals surface area contributed by atoms with E-state index in [0.717, 1.165) is 65.0 Å². The fourth-order valence-corrected chi connectivity index (χ4v) is 5.02. The summed E-state index contributed by atoms with van der Waals surface area (Å²) >= 11 is 0. The van der Waals surface area contributed by atoms with Gasteiger partial charge in [0.1, 0.15) is 0 Å². The van der Waals surface area contributed by atoms with Gasteiger partial charge in [0.2, 0.25) is 0 Å². The minimum Gasteiger partial charge on any atom is -0.381 e. The first-order valence-electron chi connectivity index (χ1n) is 11.8. The molecule has 2 amide bonds. The third kappa shape index (κ3) is 5.64. The average Bonchev–Trinajstić information content (AvgIpc) is 3.30. The van der Waals surface area contributed by atoms with Gasteiger partial charge in [-0.25, -0.2) is 0 Å². The number of hydrogen-bond acceptors (Lipinski definition) is 5. The third-order valence-electron chi connectivity index (χ3n) is 6.86. The number of carbonyl (C=O) groups is 2. The van der Waals surface area contributed by atoms with Crippen LogP contribution in [0.1, 0.15) is 60.9 Å². The van der Waals surface area contributed by atoms with Gasteiger partial charge in [-0.05, 0) is 43.4 Å². The second-order valence-electron chi connectivity index (χ2n) is 9.08. The zero-order chi connectivity index (χ0) is 21.6. The number of ether oxygens (including phenoxy) is 1. The molecule has 2 saturated heterocycles. The molecule has 4 rings (SSSR count). The Balaban J connectivity index is 1.34. The number of carbonyl (C=O) groups excluding carboxylic acids is 2. The molecule has 0 bridgehead atoms. The van der Waals surface area contributed by atoms with Gasteiger partial charge in [0, 0.05) is 37.8 Å². The van der Waals surface area contributed by atoms with E-state index in [0.29, 0.717) is 18.5 Å². The number of amides is 2. The van der Waals surface area contributed by atoms with Crippen LogP contribution in [0.2, 0.25) is 0 Å². The number of rotatable bonds is 6. The molecule has 2 atom stereocenters. The van der Waals surface area contributed by atoms with Crippen molar-refractivity contribution in [2.75, 3.05) is 32.8 Å². The molecule has 0 aromatic heterocycles. The highest BCUT2D eigenvalue weighted by molar-refractivity contribution is 5.95. The second kappa shape index (κ2) is 10.6. The molecular formula is C24H35N3O4. The van der Waals surface area contributed by atoms with Crippen molar-refractivity contribution in [2.45, 2.75) is 69.7 Å². The molecule has 0 radical (unpaired) electrons. The zero-order valence-corrected chi connectivity index (χ0v) is 18.3. The van der Waals surface area contributed by atoms with Crippen molar-refractivity contribution in [3.05, 3.63) is 35.4 Å². The summed E-state index contributed by atoms with van der Waals surface area (Å²) in [6.45, 7) is 4.82. The summed E-state index contributed by atoms with van der Waals surface area (Å²) in [6, 6.07) is 7.42. The van der Waals surface area contributed by atoms with E-state index in [1.54, 1.807) is 4.90 Å². The predicted molar refractivity (Wildman–Crippen MR) is 118 cm³/mol. The minimum absolute atomic E-state index is 0.107. The van der Waals surface area contributed by atoms with E-state index in [1.807, 2.05) is 24.3 Å². The predicted octanol–water partition coefficient (Wildman–Crippen LogP) is 1.93. The summed E-state index contributed by atoms with van der Waals surface area (Å²) in [7, 11) is 0. The summed E-state index contributed by atoms with van der Waals surface area (Å²) in [6.07, 6.45) is 5.69. The summed E-state index contributed by atoms with van der Waals surface area (Å²) in [4.78, 5) is 29.8. The van der Waals surface area contributed by atoms with Crippen molar-refractivity contribution in [3.63, 3.8) is 0 Å². The number of benzene rings is 1. The molecule has 3 aliphatic rings. The minimum atomic E-state index is -1.17. The third-order valence-corrected chi connectivity index (χ3v) is 6.86. The topological polar surface area (TPSA) is 82.1 Å². The smallest absolute Gasteiger partial charge is 0.254 e. The molecule has 1 saturated carbocycles. The number of nitrogens with zero attached hydrogens (tertiary/aromatic N) is 2. The Bertz CT molecular complexity index is 742. The number of likely N-dealkylation sites (tertiary alicyclic amines) is 1. The molecule has 7 nitrogen and oxygen atoms in total. The molecule has 170 valence electrons. The fraction of sp³-hybridized carbons (Fsp3) is 0.667. The Morgan fingerprint density at radius 2 is 1.71 bits per heavy atom. The molecule has 2 aliphatic heterocycles. The lowest BCUT2D eigenvalue weighted by Gasteiger charge is -2.30. The number of hydrogen-bond donors (Lipinski definition) is 2. The highest BCUT2D eigenvalue weighted by atomic mass is 16.5. The van der Waals surface area contributed by atoms with Crippen molar-refractivity contribution in [2.24, 2.45) is 0 Å². The Morgan fingerprint density at radius 1 is 1.00 bits per heavy atom. The lowest BCUT2D eigenvalue weighted by molar-refractivity contribution is -0.132. The second-order valence-corrected chi connectivity index (χ2v) is 9.08. The van der Waals surface area contributed by atoms with Crippen LogP contribution in [0.4, 0.5) is 0 Å². The quantitative estimate of drug-likeness (QED) is 0.722. The molecule has 7 heteroatoms. The van der Waals surface area contributed by atoms with Gasteiger partial charge in [0.05, 0.1) is 19.3 Å². The van der Waals surface area contributed by atoms with Crippen LogP contribution < -0.4 is 5.32 Å². The molecule has 0 spiro atoms. The molecule has 1 aliphatic carbocycles. The lowest BCUT2D eigenvalue weighted by atomic mass is 9.95. The molecule has 31 heavy (non-hydrogen) atoms. The van der Waals surface area contributed by atoms with Gasteiger partial charge in [-0.1, -0.05) is 31.4 Å². The Kier molecular flexibility index (Phi) is 7.58. The first kappa shape index (κ1) is 22.2. The molecule has 3 fully saturated rings. The van der Waals surface area contributed by atoms with Crippen LogP contribution in [-0.2, 0) is 16.1 Å². The molecule has 2 N–H and O–H groups in total. The average molecular weight is 430 g/mol. The maximum absolute atomic E-state index is 13.1. The van der Waals surface area contributed by atoms with Crippen LogP contribution in [0.5, 0.6) is 0 Å². The van der Waals surface area contributed by atoms with Crippen LogP contribution in [0.15, 0.2) is 24.3 Å². The van der Waals surface area contributed by atoms with Crippen LogP contribution in [0.3, 0.4) is 0 Å². The summed E-state index contributed by atoms with van der Waals surface area (Å²) in [5.41, 5.74) is 1.78. The van der Waals surface area contributed by atoms with E-state index in [-0.39, 0.29) is 17.9 Å². The monoisotopic (exact) mass is 429 g/mol. The summed E-state index contributed by atoms with van der Waals surface area (Å²) in [5.74, 6) is -0.442. The summed E-state index contributed by atoms with van der Waals surface area (Å²) < 4.78 is 5.39. The largest absolute Gasteiger partial charge is 0.381 e. The molecule has 2 unspecified atom stereocenters. The van der Waals surface area contributed by atoms with Crippen molar-refractivity contribution in [3.8, 4) is 0 Å². The molecule has 1 aromatic rings. The van der Waals surface area contributed by atoms with Crippen LogP contribution >= 0.6 is 0 Å². The van der Waals surface area contributed by atoms with Gasteiger partial charge in [-0.2, -0.15) is 0 Å². The van der Waals surface area contributed by atoms with E-state index in [1.165, 1.54) is 12.0 Å². The van der Waals surface area contributed by atoms with Crippen LogP contribution in [-0.4, -0.2) is 77.8 Å². The highest BCUT2D eigenvalue weighted by Crippen LogP contribution is 2.24. The van der Waals surface area contributed by atoms with Crippen molar-refractivity contribution < 1.29 is 19.4 Å². The van der Waals surface area contributed by atoms with Gasteiger partial charge in [-0.15, -0.1) is 0 Å². The number of aliphatic hydroxyl groups excluding tert-OH is 1. The SMILES string of the molecule is O=C(NC1CCCCC1)C(O)C1CCCN1C(=O)c1ccc(CN2CCOCC2)cc1. The van der Waals surface area contributed by atoms with Gasteiger partial charge in [0.25, 0.3) is 11.8 Å². The van der Waals surface area contributed by atoms with Gasteiger partial charge < -0.3 is 20.1 Å². The van der Waals surface area contributed by atoms with E-state index >= 15 is 0 Å². The van der Waals surface area contributed by atoms with Crippen molar-refractivity contribution in [1.82, 2.24) is 15.1 Å². The van der Waals surface area contributed by atoms with Gasteiger partial charge in [-0.3, -0.25) is 14.5 Å². The van der Waals surface area contributed by atoms with E-state index in [4.69, 9.17) is 4.74 Å². The normalized spacial score (nSPS) is 24.2. The Labute approximate surface area is 184 Å². The fourth-order valence-electron chi connectivity index (χ4n) is 5.02. The van der Waals surface area contributed by atoms with Gasteiger partial charge in [0.15, 0.2) is 6.10 Å². The first-order chi connectivity index (χ1) is 15.1. The molecule has 2 heterocycles. The highest BCUT2D eigenvalue weighted by Gasteiger charge is 2.38. The number of aliphatic hydroxyl groups is 1. The van der Waals surface area contributed by atoms with Crippen LogP contribution in [0.25, 0.3) is 0 Å². The Hall–Kier alpha value is -1.96. The number of nitrogens with one attached hydrogen (secondary N) is 1. The van der Waals surface area contributed by atoms with E-state index in [9.17, 15) is 14.7 Å². The van der Waals surface area contributed by atoms with E-state index in [2.05, 4.69) is 10.2 Å². The molecular weight excluding hydrogens is 394 g/mol. The van der Waals surface area contributed by atoms with Gasteiger partial charge >= 0.3 is 0 Å². The van der Waals surface area contributed by atoms with Crippen molar-refractivity contribution in [1.29, 1.82) is 0 Å². The maximum atomic E-state index is 13.1. The van der Waals surface area contributed by atoms with Crippen molar-refractivity contribution >= 4 is 11.8 Å². The maximum Gasteiger partial charge on any atom is 0.254 e. The number of morpholine rings is 1. The van der Waals surface area contributed by atoms with E-state index < -0.39 is 12.1 Å². The standard InChI is InChI=1S/C24H35N3O4/c28-22(23(29)25-20-5-2-1-3-6-20)21-7-4-12-27(21)24(30)19-10-8-18(9-11-19)17-26-13-15-31-16-14-26/h8-11,20-22,28H,1-7,12-17H2,(H,25,29). The van der Waals surface area contributed by atoms with Crippen LogP contribution in [0, 0.1) is 0 Å². The summed E-state index contributed by atoms with van der Waals surface area (Å²) in [5, 5.41) is 13.7. The zero-order valence-electron chi connectivity index (χ0n) is 18.3. The first-order valence-corrected chi connectivity index (χ1v) is 11.8. The Morgan fingerprint density at radius 3 is 2.42 bits per heavy atom. The lowest BCUT2D eigenvalue weighted by Crippen LogP contribution is -2.52. The molecule has 1 aromatic carbocycles.